The van der Waals surface area contributed by atoms with Crippen LogP contribution in [-0.4, -0.2) is 89.8 Å². The maximum Gasteiger partial charge on any atom is 0.408 e. The highest BCUT2D eigenvalue weighted by atomic mass is 35.5. The molecule has 1 saturated heterocycles. The summed E-state index contributed by atoms with van der Waals surface area (Å²) >= 11 is 6.12. The van der Waals surface area contributed by atoms with Crippen LogP contribution in [0.3, 0.4) is 0 Å². The molecule has 0 bridgehead atoms. The maximum atomic E-state index is 14.3. The van der Waals surface area contributed by atoms with Crippen LogP contribution < -0.4 is 10.6 Å². The summed E-state index contributed by atoms with van der Waals surface area (Å²) in [6, 6.07) is 10.8. The number of hydrogen-bond donors (Lipinski definition) is 2. The molecular formula is C36H50ClN5O8S. The average Bonchev–Trinajstić information content (AvgIpc) is 3.56. The SMILES string of the molecule is CC(C)C(=O)N(C1CCCCC1)[C@H]1CCN(C(=O)[C@@H](Cc2ccc(Cl)cc2)NCC(NC(=O)OC(C)(C)C)S(=O)(=O)c2ccccc2[N+](=O)[O-])C1. The lowest BCUT2D eigenvalue weighted by molar-refractivity contribution is -0.387. The first-order chi connectivity index (χ1) is 24.0. The number of sulfone groups is 1. The smallest absolute Gasteiger partial charge is 0.408 e. The first kappa shape index (κ1) is 40.0. The van der Waals surface area contributed by atoms with Crippen LogP contribution in [0.15, 0.2) is 53.4 Å². The minimum Gasteiger partial charge on any atom is -0.444 e. The van der Waals surface area contributed by atoms with Crippen molar-refractivity contribution >= 4 is 45.0 Å². The summed E-state index contributed by atoms with van der Waals surface area (Å²) < 4.78 is 33.4. The molecule has 51 heavy (non-hydrogen) atoms. The molecule has 0 aromatic heterocycles. The number of nitrogens with one attached hydrogen (secondary N) is 2. The number of carbonyl (C=O) groups excluding carboxylic acids is 3. The molecular weight excluding hydrogens is 698 g/mol. The van der Waals surface area contributed by atoms with Crippen LogP contribution in [0.1, 0.15) is 78.7 Å². The van der Waals surface area contributed by atoms with Gasteiger partial charge >= 0.3 is 6.09 Å². The van der Waals surface area contributed by atoms with Gasteiger partial charge in [0, 0.05) is 42.7 Å². The van der Waals surface area contributed by atoms with E-state index in [4.69, 9.17) is 16.3 Å². The number of amides is 3. The molecule has 3 amide bonds. The Balaban J connectivity index is 1.63. The van der Waals surface area contributed by atoms with Gasteiger partial charge in [-0.05, 0) is 70.2 Å². The lowest BCUT2D eigenvalue weighted by Crippen LogP contribution is -2.55. The number of carbonyl (C=O) groups is 3. The van der Waals surface area contributed by atoms with Crippen molar-refractivity contribution in [3.8, 4) is 0 Å². The van der Waals surface area contributed by atoms with Gasteiger partial charge < -0.3 is 25.2 Å². The van der Waals surface area contributed by atoms with Gasteiger partial charge in [0.1, 0.15) is 10.5 Å². The zero-order valence-corrected chi connectivity index (χ0v) is 31.5. The summed E-state index contributed by atoms with van der Waals surface area (Å²) in [5.41, 5.74) is -0.867. The van der Waals surface area contributed by atoms with Gasteiger partial charge in [0.2, 0.25) is 21.7 Å². The molecule has 1 saturated carbocycles. The maximum absolute atomic E-state index is 14.3. The van der Waals surface area contributed by atoms with Crippen LogP contribution in [0.25, 0.3) is 0 Å². The summed E-state index contributed by atoms with van der Waals surface area (Å²) in [4.78, 5) is 54.9. The summed E-state index contributed by atoms with van der Waals surface area (Å²) in [7, 11) is -4.60. The monoisotopic (exact) mass is 747 g/mol. The van der Waals surface area contributed by atoms with Gasteiger partial charge in [-0.2, -0.15) is 0 Å². The van der Waals surface area contributed by atoms with Crippen LogP contribution in [-0.2, 0) is 30.6 Å². The Morgan fingerprint density at radius 3 is 2.27 bits per heavy atom. The molecule has 1 unspecified atom stereocenters. The van der Waals surface area contributed by atoms with E-state index >= 15 is 0 Å². The fourth-order valence-corrected chi connectivity index (χ4v) is 8.44. The number of nitrogens with zero attached hydrogens (tertiary/aromatic N) is 3. The van der Waals surface area contributed by atoms with E-state index in [9.17, 15) is 32.9 Å². The van der Waals surface area contributed by atoms with Crippen molar-refractivity contribution in [2.24, 2.45) is 5.92 Å². The molecule has 0 spiro atoms. The van der Waals surface area contributed by atoms with Gasteiger partial charge in [0.25, 0.3) is 5.69 Å². The van der Waals surface area contributed by atoms with E-state index in [0.717, 1.165) is 49.8 Å². The summed E-state index contributed by atoms with van der Waals surface area (Å²) in [5.74, 6) is -0.409. The Hall–Kier alpha value is -3.75. The third-order valence-electron chi connectivity index (χ3n) is 9.21. The van der Waals surface area contributed by atoms with Gasteiger partial charge in [-0.1, -0.05) is 69.0 Å². The molecule has 2 aromatic carbocycles. The number of benzene rings is 2. The van der Waals surface area contributed by atoms with Gasteiger partial charge in [-0.15, -0.1) is 0 Å². The Bertz CT molecular complexity index is 1660. The largest absolute Gasteiger partial charge is 0.444 e. The molecule has 2 aromatic rings. The highest BCUT2D eigenvalue weighted by Gasteiger charge is 2.41. The van der Waals surface area contributed by atoms with Crippen LogP contribution in [0.4, 0.5) is 10.5 Å². The second-order valence-electron chi connectivity index (χ2n) is 14.6. The molecule has 3 atom stereocenters. The number of alkyl carbamates (subject to hydrolysis) is 1. The van der Waals surface area contributed by atoms with E-state index in [1.165, 1.54) is 12.1 Å². The van der Waals surface area contributed by atoms with Gasteiger partial charge in [-0.25, -0.2) is 13.2 Å². The third kappa shape index (κ3) is 10.6. The molecule has 1 aliphatic carbocycles. The van der Waals surface area contributed by atoms with Gasteiger partial charge in [-0.3, -0.25) is 19.7 Å². The van der Waals surface area contributed by atoms with Crippen molar-refractivity contribution in [3.05, 3.63) is 69.2 Å². The van der Waals surface area contributed by atoms with Crippen molar-refractivity contribution in [1.29, 1.82) is 0 Å². The predicted molar refractivity (Wildman–Crippen MR) is 194 cm³/mol. The lowest BCUT2D eigenvalue weighted by atomic mass is 9.92. The molecule has 2 aliphatic rings. The number of nitro groups is 1. The Labute approximate surface area is 305 Å². The Morgan fingerprint density at radius 2 is 1.67 bits per heavy atom. The number of hydrogen-bond acceptors (Lipinski definition) is 9. The van der Waals surface area contributed by atoms with Gasteiger partial charge in [0.15, 0.2) is 5.37 Å². The minimum atomic E-state index is -4.60. The lowest BCUT2D eigenvalue weighted by Gasteiger charge is -2.39. The molecule has 13 nitrogen and oxygen atoms in total. The number of likely N-dealkylation sites (tertiary alicyclic amines) is 1. The van der Waals surface area contributed by atoms with Crippen LogP contribution in [0.5, 0.6) is 0 Å². The molecule has 0 radical (unpaired) electrons. The van der Waals surface area contributed by atoms with Crippen molar-refractivity contribution in [2.75, 3.05) is 19.6 Å². The second kappa shape index (κ2) is 17.2. The zero-order valence-electron chi connectivity index (χ0n) is 30.0. The third-order valence-corrected chi connectivity index (χ3v) is 11.5. The Morgan fingerprint density at radius 1 is 1.02 bits per heavy atom. The summed E-state index contributed by atoms with van der Waals surface area (Å²) in [5, 5.41) is 16.0. The van der Waals surface area contributed by atoms with E-state index in [1.54, 1.807) is 49.9 Å². The average molecular weight is 748 g/mol. The fourth-order valence-electron chi connectivity index (χ4n) is 6.74. The van der Waals surface area contributed by atoms with Crippen LogP contribution >= 0.6 is 11.6 Å². The minimum absolute atomic E-state index is 0.0771. The number of rotatable bonds is 13. The van der Waals surface area contributed by atoms with E-state index in [0.29, 0.717) is 24.5 Å². The van der Waals surface area contributed by atoms with Crippen LogP contribution in [0.2, 0.25) is 5.02 Å². The van der Waals surface area contributed by atoms with Crippen molar-refractivity contribution < 1.29 is 32.5 Å². The van der Waals surface area contributed by atoms with E-state index in [2.05, 4.69) is 10.6 Å². The quantitative estimate of drug-likeness (QED) is 0.199. The number of para-hydroxylation sites is 1. The highest BCUT2D eigenvalue weighted by molar-refractivity contribution is 7.92. The van der Waals surface area contributed by atoms with Crippen molar-refractivity contribution in [3.63, 3.8) is 0 Å². The van der Waals surface area contributed by atoms with Crippen molar-refractivity contribution in [2.45, 2.75) is 114 Å². The zero-order chi connectivity index (χ0) is 37.5. The second-order valence-corrected chi connectivity index (χ2v) is 17.2. The van der Waals surface area contributed by atoms with Gasteiger partial charge in [0.05, 0.1) is 17.0 Å². The molecule has 4 rings (SSSR count). The predicted octanol–water partition coefficient (Wildman–Crippen LogP) is 5.49. The first-order valence-corrected chi connectivity index (χ1v) is 19.5. The number of ether oxygens (including phenoxy) is 1. The highest BCUT2D eigenvalue weighted by Crippen LogP contribution is 2.30. The Kier molecular flexibility index (Phi) is 13.5. The molecule has 1 aliphatic heterocycles. The normalized spacial score (nSPS) is 18.3. The topological polar surface area (TPSA) is 168 Å². The van der Waals surface area contributed by atoms with E-state index < -0.39 is 55.0 Å². The molecule has 1 heterocycles. The summed E-state index contributed by atoms with van der Waals surface area (Å²) in [6.45, 7) is 8.89. The van der Waals surface area contributed by atoms with Crippen LogP contribution in [0, 0.1) is 16.0 Å². The molecule has 15 heteroatoms. The number of nitro benzene ring substituents is 1. The van der Waals surface area contributed by atoms with E-state index in [1.807, 2.05) is 18.7 Å². The number of halogens is 1. The molecule has 2 fully saturated rings. The molecule has 2 N–H and O–H groups in total. The summed E-state index contributed by atoms with van der Waals surface area (Å²) in [6.07, 6.45) is 4.85. The first-order valence-electron chi connectivity index (χ1n) is 17.5. The molecule has 280 valence electrons. The fraction of sp³-hybridized carbons (Fsp3) is 0.583. The standard InChI is InChI=1S/C36H50ClN5O8S/c1-24(2)33(43)41(27-11-7-6-8-12-27)28-19-20-40(23-28)34(44)29(21-25-15-17-26(37)18-16-25)38-22-32(39-35(45)50-36(3,4)5)51(48,49)31-14-10-9-13-30(31)42(46)47/h9-10,13-18,24,27-29,32,38H,6-8,11-12,19-23H2,1-5H3,(H,39,45)/t28-,29+,32?/m0/s1. The van der Waals surface area contributed by atoms with Crippen molar-refractivity contribution in [1.82, 2.24) is 20.4 Å². The van der Waals surface area contributed by atoms with E-state index in [-0.39, 0.29) is 36.2 Å².